The van der Waals surface area contributed by atoms with E-state index in [0.29, 0.717) is 31.0 Å². The predicted molar refractivity (Wildman–Crippen MR) is 105 cm³/mol. The number of amides is 2. The van der Waals surface area contributed by atoms with Crippen LogP contribution in [-0.4, -0.2) is 44.8 Å². The Morgan fingerprint density at radius 1 is 1.38 bits per heavy atom. The Bertz CT molecular complexity index is 868. The highest BCUT2D eigenvalue weighted by atomic mass is 127. The van der Waals surface area contributed by atoms with Gasteiger partial charge in [0, 0.05) is 46.5 Å². The van der Waals surface area contributed by atoms with E-state index in [0.717, 1.165) is 26.1 Å². The molecule has 0 atom stereocenters. The largest absolute Gasteiger partial charge is 0.396 e. The maximum absolute atomic E-state index is 12.0. The first kappa shape index (κ1) is 19.1. The highest BCUT2D eigenvalue weighted by molar-refractivity contribution is 14.1. The molecule has 2 aromatic rings. The Labute approximate surface area is 169 Å². The number of nitrogens with zero attached hydrogens (tertiary/aromatic N) is 3. The van der Waals surface area contributed by atoms with Gasteiger partial charge in [0.15, 0.2) is 0 Å². The first-order valence-electron chi connectivity index (χ1n) is 8.16. The lowest BCUT2D eigenvalue weighted by molar-refractivity contribution is -0.144. The molecular formula is C17H18ClIN4O3. The monoisotopic (exact) mass is 488 g/mol. The van der Waals surface area contributed by atoms with Crippen molar-refractivity contribution >= 4 is 46.0 Å². The lowest BCUT2D eigenvalue weighted by Crippen LogP contribution is -2.43. The van der Waals surface area contributed by atoms with Crippen molar-refractivity contribution in [2.45, 2.75) is 25.9 Å². The van der Waals surface area contributed by atoms with Crippen LogP contribution in [0.2, 0.25) is 5.02 Å². The number of aryl methyl sites for hydroxylation is 1. The van der Waals surface area contributed by atoms with Gasteiger partial charge in [-0.2, -0.15) is 5.10 Å². The maximum Gasteiger partial charge on any atom is 0.311 e. The van der Waals surface area contributed by atoms with Crippen LogP contribution in [0.5, 0.6) is 0 Å². The summed E-state index contributed by atoms with van der Waals surface area (Å²) in [4.78, 5) is 24.7. The number of hydrogen-bond donors (Lipinski definition) is 2. The Morgan fingerprint density at radius 2 is 2.15 bits per heavy atom. The van der Waals surface area contributed by atoms with Crippen LogP contribution in [0.4, 0.5) is 0 Å². The molecule has 0 aliphatic carbocycles. The van der Waals surface area contributed by atoms with Crippen molar-refractivity contribution < 1.29 is 14.7 Å². The zero-order valence-corrected chi connectivity index (χ0v) is 16.8. The van der Waals surface area contributed by atoms with Gasteiger partial charge in [-0.05, 0) is 41.1 Å². The van der Waals surface area contributed by atoms with Crippen molar-refractivity contribution in [3.05, 3.63) is 38.0 Å². The molecule has 0 unspecified atom stereocenters. The molecule has 7 nitrogen and oxygen atoms in total. The zero-order chi connectivity index (χ0) is 18.8. The summed E-state index contributed by atoms with van der Waals surface area (Å²) in [7, 11) is 0. The SMILES string of the molecule is NC(=O)C(=O)N1CCc2c(c(-c3ccc(Cl)c(I)c3)nn2CCCO)C1. The third kappa shape index (κ3) is 3.72. The zero-order valence-electron chi connectivity index (χ0n) is 13.9. The number of rotatable bonds is 4. The summed E-state index contributed by atoms with van der Waals surface area (Å²) in [6.07, 6.45) is 1.17. The first-order chi connectivity index (χ1) is 12.4. The number of aromatic nitrogens is 2. The molecule has 0 fully saturated rings. The van der Waals surface area contributed by atoms with Crippen molar-refractivity contribution in [2.24, 2.45) is 5.73 Å². The number of carbonyl (C=O) groups is 2. The molecule has 0 saturated heterocycles. The molecule has 3 N–H and O–H groups in total. The summed E-state index contributed by atoms with van der Waals surface area (Å²) in [5.74, 6) is -1.64. The average Bonchev–Trinajstić information content (AvgIpc) is 2.99. The molecule has 0 saturated carbocycles. The average molecular weight is 489 g/mol. The molecule has 26 heavy (non-hydrogen) atoms. The number of aliphatic hydroxyl groups is 1. The van der Waals surface area contributed by atoms with Crippen molar-refractivity contribution in [2.75, 3.05) is 13.2 Å². The van der Waals surface area contributed by atoms with E-state index >= 15 is 0 Å². The van der Waals surface area contributed by atoms with Crippen LogP contribution in [0.3, 0.4) is 0 Å². The van der Waals surface area contributed by atoms with E-state index in [1.54, 1.807) is 0 Å². The third-order valence-corrected chi connectivity index (χ3v) is 5.89. The minimum absolute atomic E-state index is 0.0785. The van der Waals surface area contributed by atoms with Crippen LogP contribution in [0.1, 0.15) is 17.7 Å². The highest BCUT2D eigenvalue weighted by Gasteiger charge is 2.29. The molecule has 138 valence electrons. The van der Waals surface area contributed by atoms with Gasteiger partial charge >= 0.3 is 11.8 Å². The number of carbonyl (C=O) groups excluding carboxylic acids is 2. The van der Waals surface area contributed by atoms with Crippen molar-refractivity contribution in [3.8, 4) is 11.3 Å². The Hall–Kier alpha value is -1.65. The van der Waals surface area contributed by atoms with E-state index in [-0.39, 0.29) is 13.2 Å². The van der Waals surface area contributed by atoms with Crippen LogP contribution in [-0.2, 0) is 29.1 Å². The number of hydrogen-bond acceptors (Lipinski definition) is 4. The summed E-state index contributed by atoms with van der Waals surface area (Å²) in [5.41, 5.74) is 8.73. The predicted octanol–water partition coefficient (Wildman–Crippen LogP) is 1.56. The first-order valence-corrected chi connectivity index (χ1v) is 9.61. The number of aliphatic hydroxyl groups excluding tert-OH is 1. The van der Waals surface area contributed by atoms with E-state index in [9.17, 15) is 9.59 Å². The smallest absolute Gasteiger partial charge is 0.311 e. The van der Waals surface area contributed by atoms with Crippen LogP contribution in [0, 0.1) is 3.57 Å². The van der Waals surface area contributed by atoms with Crippen LogP contribution >= 0.6 is 34.2 Å². The molecule has 0 bridgehead atoms. The molecule has 3 rings (SSSR count). The number of nitrogens with two attached hydrogens (primary N) is 1. The van der Waals surface area contributed by atoms with E-state index in [1.165, 1.54) is 4.90 Å². The Kier molecular flexibility index (Phi) is 5.83. The third-order valence-electron chi connectivity index (χ3n) is 4.35. The van der Waals surface area contributed by atoms with Gasteiger partial charge in [0.05, 0.1) is 17.3 Å². The molecule has 9 heteroatoms. The second-order valence-electron chi connectivity index (χ2n) is 6.04. The number of primary amides is 1. The highest BCUT2D eigenvalue weighted by Crippen LogP contribution is 2.32. The van der Waals surface area contributed by atoms with Gasteiger partial charge in [0.25, 0.3) is 0 Å². The molecule has 0 spiro atoms. The normalized spacial score (nSPS) is 13.6. The van der Waals surface area contributed by atoms with Gasteiger partial charge in [0.1, 0.15) is 0 Å². The van der Waals surface area contributed by atoms with E-state index in [4.69, 9.17) is 27.5 Å². The summed E-state index contributed by atoms with van der Waals surface area (Å²) in [6.45, 7) is 1.37. The molecule has 2 heterocycles. The number of benzene rings is 1. The fraction of sp³-hybridized carbons (Fsp3) is 0.353. The molecule has 1 aromatic carbocycles. The quantitative estimate of drug-likeness (QED) is 0.504. The number of halogens is 2. The lowest BCUT2D eigenvalue weighted by atomic mass is 10.0. The summed E-state index contributed by atoms with van der Waals surface area (Å²) < 4.78 is 2.79. The molecular weight excluding hydrogens is 471 g/mol. The van der Waals surface area contributed by atoms with Gasteiger partial charge < -0.3 is 15.7 Å². The van der Waals surface area contributed by atoms with Crippen LogP contribution < -0.4 is 5.73 Å². The maximum atomic E-state index is 12.0. The standard InChI is InChI=1S/C17H18ClIN4O3/c18-12-3-2-10(8-13(12)19)15-11-9-22(17(26)16(20)25)6-4-14(11)23(21-15)5-1-7-24/h2-3,8,24H,1,4-7,9H2,(H2,20,25). The minimum Gasteiger partial charge on any atom is -0.396 e. The lowest BCUT2D eigenvalue weighted by Gasteiger charge is -2.26. The van der Waals surface area contributed by atoms with E-state index < -0.39 is 11.8 Å². The van der Waals surface area contributed by atoms with Gasteiger partial charge in [-0.25, -0.2) is 0 Å². The molecule has 1 aromatic heterocycles. The van der Waals surface area contributed by atoms with E-state index in [2.05, 4.69) is 22.6 Å². The molecule has 1 aliphatic heterocycles. The summed E-state index contributed by atoms with van der Waals surface area (Å²) in [5, 5.41) is 14.5. The summed E-state index contributed by atoms with van der Waals surface area (Å²) >= 11 is 8.28. The fourth-order valence-electron chi connectivity index (χ4n) is 3.10. The second kappa shape index (κ2) is 7.93. The molecule has 2 amide bonds. The fourth-order valence-corrected chi connectivity index (χ4v) is 3.73. The molecule has 0 radical (unpaired) electrons. The number of fused-ring (bicyclic) bond motifs is 1. The molecule has 1 aliphatic rings. The Morgan fingerprint density at radius 3 is 2.81 bits per heavy atom. The van der Waals surface area contributed by atoms with E-state index in [1.807, 2.05) is 22.9 Å². The topological polar surface area (TPSA) is 101 Å². The van der Waals surface area contributed by atoms with Crippen molar-refractivity contribution in [3.63, 3.8) is 0 Å². The van der Waals surface area contributed by atoms with Gasteiger partial charge in [-0.3, -0.25) is 14.3 Å². The van der Waals surface area contributed by atoms with Crippen LogP contribution in [0.15, 0.2) is 18.2 Å². The Balaban J connectivity index is 2.04. The van der Waals surface area contributed by atoms with Crippen LogP contribution in [0.25, 0.3) is 11.3 Å². The second-order valence-corrected chi connectivity index (χ2v) is 7.61. The van der Waals surface area contributed by atoms with Gasteiger partial charge in [0.2, 0.25) is 0 Å². The van der Waals surface area contributed by atoms with Crippen molar-refractivity contribution in [1.82, 2.24) is 14.7 Å². The minimum atomic E-state index is -0.955. The van der Waals surface area contributed by atoms with Crippen molar-refractivity contribution in [1.29, 1.82) is 0 Å². The van der Waals surface area contributed by atoms with Gasteiger partial charge in [-0.1, -0.05) is 17.7 Å². The summed E-state index contributed by atoms with van der Waals surface area (Å²) in [6, 6.07) is 5.64. The van der Waals surface area contributed by atoms with Gasteiger partial charge in [-0.15, -0.1) is 0 Å².